The molecule has 0 spiro atoms. The van der Waals surface area contributed by atoms with E-state index in [9.17, 15) is 13.5 Å². The Kier molecular flexibility index (Phi) is 3.60. The maximum Gasteiger partial charge on any atom is 0.240 e. The van der Waals surface area contributed by atoms with Crippen molar-refractivity contribution >= 4 is 10.0 Å². The molecule has 2 bridgehead atoms. The molecule has 4 nitrogen and oxygen atoms in total. The van der Waals surface area contributed by atoms with Crippen LogP contribution in [0, 0.1) is 18.8 Å². The van der Waals surface area contributed by atoms with E-state index in [1.165, 1.54) is 12.8 Å². The number of aryl methyl sites for hydroxylation is 1. The van der Waals surface area contributed by atoms with Crippen molar-refractivity contribution in [3.63, 3.8) is 0 Å². The molecular formula is C15H21NO3S. The number of nitrogens with one attached hydrogen (secondary N) is 1. The van der Waals surface area contributed by atoms with Gasteiger partial charge >= 0.3 is 0 Å². The van der Waals surface area contributed by atoms with Gasteiger partial charge in [-0.3, -0.25) is 0 Å². The minimum Gasteiger partial charge on any atom is -0.392 e. The van der Waals surface area contributed by atoms with Crippen LogP contribution in [-0.4, -0.2) is 19.6 Å². The normalized spacial score (nSPS) is 29.0. The van der Waals surface area contributed by atoms with Crippen molar-refractivity contribution in [3.8, 4) is 0 Å². The van der Waals surface area contributed by atoms with Crippen LogP contribution in [0.2, 0.25) is 0 Å². The summed E-state index contributed by atoms with van der Waals surface area (Å²) in [5, 5.41) is 9.26. The number of benzene rings is 1. The van der Waals surface area contributed by atoms with Gasteiger partial charge in [0.15, 0.2) is 0 Å². The Labute approximate surface area is 120 Å². The Bertz CT molecular complexity index is 612. The Morgan fingerprint density at radius 3 is 2.70 bits per heavy atom. The van der Waals surface area contributed by atoms with Gasteiger partial charge in [-0.15, -0.1) is 0 Å². The van der Waals surface area contributed by atoms with Gasteiger partial charge in [0.1, 0.15) is 0 Å². The van der Waals surface area contributed by atoms with E-state index in [2.05, 4.69) is 4.72 Å². The van der Waals surface area contributed by atoms with Crippen molar-refractivity contribution in [1.82, 2.24) is 4.72 Å². The number of fused-ring (bicyclic) bond motifs is 2. The molecule has 0 amide bonds. The summed E-state index contributed by atoms with van der Waals surface area (Å²) in [6.07, 6.45) is 4.54. The number of rotatable bonds is 4. The Morgan fingerprint density at radius 2 is 2.10 bits per heavy atom. The van der Waals surface area contributed by atoms with Crippen LogP contribution in [0.25, 0.3) is 0 Å². The molecule has 0 aliphatic heterocycles. The van der Waals surface area contributed by atoms with E-state index in [1.807, 2.05) is 6.92 Å². The second kappa shape index (κ2) is 5.13. The molecule has 2 saturated carbocycles. The number of aliphatic hydroxyl groups excluding tert-OH is 1. The monoisotopic (exact) mass is 295 g/mol. The van der Waals surface area contributed by atoms with Crippen LogP contribution in [0.15, 0.2) is 23.1 Å². The molecule has 3 unspecified atom stereocenters. The largest absolute Gasteiger partial charge is 0.392 e. The smallest absolute Gasteiger partial charge is 0.240 e. The summed E-state index contributed by atoms with van der Waals surface area (Å²) in [6, 6.07) is 5.04. The van der Waals surface area contributed by atoms with Crippen molar-refractivity contribution in [1.29, 1.82) is 0 Å². The lowest BCUT2D eigenvalue weighted by Gasteiger charge is -2.23. The minimum absolute atomic E-state index is 0.0950. The molecule has 0 saturated heterocycles. The quantitative estimate of drug-likeness (QED) is 0.892. The predicted octanol–water partition coefficient (Wildman–Crippen LogP) is 1.95. The fourth-order valence-corrected chi connectivity index (χ4v) is 5.01. The fraction of sp³-hybridized carbons (Fsp3) is 0.600. The van der Waals surface area contributed by atoms with Crippen LogP contribution in [0.1, 0.15) is 36.8 Å². The molecule has 3 atom stereocenters. The lowest BCUT2D eigenvalue weighted by atomic mass is 9.96. The molecule has 2 fully saturated rings. The summed E-state index contributed by atoms with van der Waals surface area (Å²) in [4.78, 5) is 0.259. The first kappa shape index (κ1) is 14.0. The van der Waals surface area contributed by atoms with Crippen molar-refractivity contribution in [2.75, 3.05) is 0 Å². The third-order valence-corrected chi connectivity index (χ3v) is 6.33. The van der Waals surface area contributed by atoms with E-state index in [0.717, 1.165) is 18.4 Å². The Balaban J connectivity index is 1.81. The van der Waals surface area contributed by atoms with Crippen LogP contribution in [0.3, 0.4) is 0 Å². The highest BCUT2D eigenvalue weighted by molar-refractivity contribution is 7.89. The molecule has 0 heterocycles. The topological polar surface area (TPSA) is 66.4 Å². The van der Waals surface area contributed by atoms with E-state index < -0.39 is 10.0 Å². The first-order valence-corrected chi connectivity index (χ1v) is 8.70. The second-order valence-corrected chi connectivity index (χ2v) is 7.86. The maximum absolute atomic E-state index is 12.5. The third kappa shape index (κ3) is 2.50. The summed E-state index contributed by atoms with van der Waals surface area (Å²) in [5.74, 6) is 1.22. The van der Waals surface area contributed by atoms with E-state index in [0.29, 0.717) is 17.4 Å². The van der Waals surface area contributed by atoms with Gasteiger partial charge in [-0.2, -0.15) is 0 Å². The van der Waals surface area contributed by atoms with E-state index in [1.54, 1.807) is 18.2 Å². The van der Waals surface area contributed by atoms with Crippen molar-refractivity contribution in [3.05, 3.63) is 29.3 Å². The number of sulfonamides is 1. The van der Waals surface area contributed by atoms with Crippen LogP contribution in [-0.2, 0) is 16.6 Å². The number of hydrogen-bond acceptors (Lipinski definition) is 3. The SMILES string of the molecule is Cc1ccc(S(=O)(=O)NC2CC3CCC2C3)cc1CO. The lowest BCUT2D eigenvalue weighted by molar-refractivity contribution is 0.280. The zero-order valence-corrected chi connectivity index (χ0v) is 12.5. The highest BCUT2D eigenvalue weighted by Crippen LogP contribution is 2.44. The van der Waals surface area contributed by atoms with Gasteiger partial charge in [-0.1, -0.05) is 12.5 Å². The van der Waals surface area contributed by atoms with Crippen molar-refractivity contribution in [2.45, 2.75) is 50.2 Å². The van der Waals surface area contributed by atoms with Gasteiger partial charge in [0.2, 0.25) is 10.0 Å². The molecule has 1 aromatic carbocycles. The van der Waals surface area contributed by atoms with Gasteiger partial charge in [0, 0.05) is 6.04 Å². The van der Waals surface area contributed by atoms with Gasteiger partial charge in [-0.25, -0.2) is 13.1 Å². The van der Waals surface area contributed by atoms with E-state index in [-0.39, 0.29) is 17.5 Å². The number of hydrogen-bond donors (Lipinski definition) is 2. The summed E-state index contributed by atoms with van der Waals surface area (Å²) in [7, 11) is -3.48. The molecule has 2 aliphatic carbocycles. The highest BCUT2D eigenvalue weighted by atomic mass is 32.2. The lowest BCUT2D eigenvalue weighted by Crippen LogP contribution is -2.38. The third-order valence-electron chi connectivity index (χ3n) is 4.85. The molecule has 1 aromatic rings. The maximum atomic E-state index is 12.5. The molecule has 3 rings (SSSR count). The minimum atomic E-state index is -3.48. The van der Waals surface area contributed by atoms with Gasteiger partial charge in [0.25, 0.3) is 0 Å². The Morgan fingerprint density at radius 1 is 1.30 bits per heavy atom. The summed E-state index contributed by atoms with van der Waals surface area (Å²) >= 11 is 0. The summed E-state index contributed by atoms with van der Waals surface area (Å²) in [5.41, 5.74) is 1.58. The number of aliphatic hydroxyl groups is 1. The molecule has 0 radical (unpaired) electrons. The average molecular weight is 295 g/mol. The first-order chi connectivity index (χ1) is 9.49. The predicted molar refractivity (Wildman–Crippen MR) is 76.7 cm³/mol. The second-order valence-electron chi connectivity index (χ2n) is 6.15. The molecule has 0 aromatic heterocycles. The first-order valence-electron chi connectivity index (χ1n) is 7.22. The molecule has 2 aliphatic rings. The van der Waals surface area contributed by atoms with Crippen molar-refractivity contribution in [2.24, 2.45) is 11.8 Å². The van der Waals surface area contributed by atoms with Crippen LogP contribution in [0.5, 0.6) is 0 Å². The summed E-state index contributed by atoms with van der Waals surface area (Å²) < 4.78 is 27.8. The molecular weight excluding hydrogens is 274 g/mol. The molecule has 20 heavy (non-hydrogen) atoms. The average Bonchev–Trinajstić information content (AvgIpc) is 3.00. The zero-order valence-electron chi connectivity index (χ0n) is 11.7. The highest BCUT2D eigenvalue weighted by Gasteiger charge is 2.41. The molecule has 2 N–H and O–H groups in total. The van der Waals surface area contributed by atoms with E-state index in [4.69, 9.17) is 0 Å². The van der Waals surface area contributed by atoms with E-state index >= 15 is 0 Å². The Hall–Kier alpha value is -0.910. The van der Waals surface area contributed by atoms with Crippen LogP contribution < -0.4 is 4.72 Å². The molecule has 5 heteroatoms. The van der Waals surface area contributed by atoms with Gasteiger partial charge in [0.05, 0.1) is 11.5 Å². The fourth-order valence-electron chi connectivity index (χ4n) is 3.64. The zero-order chi connectivity index (χ0) is 14.3. The van der Waals surface area contributed by atoms with Gasteiger partial charge < -0.3 is 5.11 Å². The molecule has 110 valence electrons. The van der Waals surface area contributed by atoms with Gasteiger partial charge in [-0.05, 0) is 61.3 Å². The van der Waals surface area contributed by atoms with Crippen molar-refractivity contribution < 1.29 is 13.5 Å². The van der Waals surface area contributed by atoms with Crippen LogP contribution >= 0.6 is 0 Å². The standard InChI is InChI=1S/C15H21NO3S/c1-10-2-5-14(8-13(10)9-17)20(18,19)16-15-7-11-3-4-12(15)6-11/h2,5,8,11-12,15-17H,3-4,6-7,9H2,1H3. The summed E-state index contributed by atoms with van der Waals surface area (Å²) in [6.45, 7) is 1.73. The van der Waals surface area contributed by atoms with Crippen LogP contribution in [0.4, 0.5) is 0 Å².